The van der Waals surface area contributed by atoms with Crippen molar-refractivity contribution in [2.75, 3.05) is 32.1 Å². The van der Waals surface area contributed by atoms with Gasteiger partial charge in [-0.25, -0.2) is 0 Å². The Morgan fingerprint density at radius 2 is 1.70 bits per heavy atom. The molecule has 0 bridgehead atoms. The summed E-state index contributed by atoms with van der Waals surface area (Å²) in [6, 6.07) is 21.1. The molecule has 2 aromatic carbocycles. The van der Waals surface area contributed by atoms with Crippen molar-refractivity contribution in [1.29, 1.82) is 0 Å². The maximum atomic E-state index is 12.5. The van der Waals surface area contributed by atoms with Crippen LogP contribution in [0.15, 0.2) is 60.7 Å². The van der Waals surface area contributed by atoms with Gasteiger partial charge in [-0.2, -0.15) is 0 Å². The molecule has 0 aliphatic carbocycles. The van der Waals surface area contributed by atoms with Crippen LogP contribution in [0.1, 0.15) is 24.1 Å². The van der Waals surface area contributed by atoms with Crippen molar-refractivity contribution in [3.63, 3.8) is 0 Å². The first-order valence-electron chi connectivity index (χ1n) is 9.62. The first-order valence-corrected chi connectivity index (χ1v) is 10.8. The van der Waals surface area contributed by atoms with Crippen LogP contribution in [-0.2, 0) is 15.3 Å². The van der Waals surface area contributed by atoms with Gasteiger partial charge in [-0.15, -0.1) is 11.8 Å². The smallest absolute Gasteiger partial charge is 0.230 e. The Balaban J connectivity index is 1.56. The molecule has 2 atom stereocenters. The Kier molecular flexibility index (Phi) is 7.75. The third-order valence-electron chi connectivity index (χ3n) is 4.97. The summed E-state index contributed by atoms with van der Waals surface area (Å²) in [5.74, 6) is 1.45. The molecule has 3 rings (SSSR count). The van der Waals surface area contributed by atoms with Crippen LogP contribution < -0.4 is 10.2 Å². The summed E-state index contributed by atoms with van der Waals surface area (Å²) < 4.78 is 5.53. The minimum absolute atomic E-state index is 0.0744. The standard InChI is InChI=1S/C22H28N2O2S/c1-18(23-21(25)17-27-16-19-8-4-2-5-9-19)22(20-10-6-3-7-11-20)24-12-14-26-15-13-24/h2-11,18,22H,12-17H2,1H3,(H,23,25)/p+1/t18-,22-/m0/s1. The molecule has 1 fully saturated rings. The molecule has 1 saturated heterocycles. The number of thioether (sulfide) groups is 1. The molecule has 4 nitrogen and oxygen atoms in total. The topological polar surface area (TPSA) is 42.8 Å². The van der Waals surface area contributed by atoms with Gasteiger partial charge >= 0.3 is 0 Å². The highest BCUT2D eigenvalue weighted by Gasteiger charge is 2.32. The molecule has 0 aromatic heterocycles. The van der Waals surface area contributed by atoms with Crippen LogP contribution in [0.4, 0.5) is 0 Å². The summed E-state index contributed by atoms with van der Waals surface area (Å²) in [6.45, 7) is 5.64. The van der Waals surface area contributed by atoms with Gasteiger partial charge in [-0.1, -0.05) is 60.7 Å². The summed E-state index contributed by atoms with van der Waals surface area (Å²) in [6.07, 6.45) is 0. The third kappa shape index (κ3) is 6.09. The zero-order chi connectivity index (χ0) is 18.9. The Morgan fingerprint density at radius 1 is 1.07 bits per heavy atom. The van der Waals surface area contributed by atoms with E-state index in [2.05, 4.69) is 48.6 Å². The second kappa shape index (κ2) is 10.5. The Hall–Kier alpha value is -1.82. The lowest BCUT2D eigenvalue weighted by molar-refractivity contribution is -0.940. The van der Waals surface area contributed by atoms with E-state index >= 15 is 0 Å². The maximum absolute atomic E-state index is 12.5. The molecular weight excluding hydrogens is 356 g/mol. The van der Waals surface area contributed by atoms with E-state index in [1.165, 1.54) is 16.0 Å². The summed E-state index contributed by atoms with van der Waals surface area (Å²) in [5, 5.41) is 3.24. The van der Waals surface area contributed by atoms with Gasteiger partial charge in [0.05, 0.1) is 25.0 Å². The van der Waals surface area contributed by atoms with Crippen LogP contribution in [0.5, 0.6) is 0 Å². The van der Waals surface area contributed by atoms with Crippen molar-refractivity contribution in [2.45, 2.75) is 24.8 Å². The molecule has 2 N–H and O–H groups in total. The molecule has 1 aliphatic heterocycles. The monoisotopic (exact) mass is 385 g/mol. The van der Waals surface area contributed by atoms with Crippen LogP contribution >= 0.6 is 11.8 Å². The number of nitrogens with one attached hydrogen (secondary N) is 2. The van der Waals surface area contributed by atoms with Crippen molar-refractivity contribution >= 4 is 17.7 Å². The van der Waals surface area contributed by atoms with Crippen LogP contribution in [0.2, 0.25) is 0 Å². The highest BCUT2D eigenvalue weighted by Crippen LogP contribution is 2.15. The molecule has 0 spiro atoms. The van der Waals surface area contributed by atoms with Crippen LogP contribution in [0.3, 0.4) is 0 Å². The molecule has 144 valence electrons. The lowest BCUT2D eigenvalue weighted by Gasteiger charge is -2.35. The number of carbonyl (C=O) groups is 1. The first kappa shape index (κ1) is 19.9. The van der Waals surface area contributed by atoms with E-state index in [4.69, 9.17) is 4.74 Å². The number of hydrogen-bond acceptors (Lipinski definition) is 3. The van der Waals surface area contributed by atoms with Crippen molar-refractivity contribution < 1.29 is 14.4 Å². The number of quaternary nitrogens is 1. The molecule has 27 heavy (non-hydrogen) atoms. The minimum Gasteiger partial charge on any atom is -0.370 e. The number of carbonyl (C=O) groups excluding carboxylic acids is 1. The van der Waals surface area contributed by atoms with Crippen molar-refractivity contribution in [1.82, 2.24) is 5.32 Å². The molecule has 0 saturated carbocycles. The number of hydrogen-bond donors (Lipinski definition) is 2. The molecular formula is C22H29N2O2S+. The molecule has 2 aromatic rings. The van der Waals surface area contributed by atoms with Crippen molar-refractivity contribution in [3.8, 4) is 0 Å². The quantitative estimate of drug-likeness (QED) is 0.731. The molecule has 5 heteroatoms. The summed E-state index contributed by atoms with van der Waals surface area (Å²) in [5.41, 5.74) is 2.53. The lowest BCUT2D eigenvalue weighted by atomic mass is 9.98. The second-order valence-corrected chi connectivity index (χ2v) is 7.98. The van der Waals surface area contributed by atoms with E-state index in [0.717, 1.165) is 32.1 Å². The van der Waals surface area contributed by atoms with Gasteiger partial charge < -0.3 is 15.0 Å². The Morgan fingerprint density at radius 3 is 2.37 bits per heavy atom. The highest BCUT2D eigenvalue weighted by atomic mass is 32.2. The lowest BCUT2D eigenvalue weighted by Crippen LogP contribution is -3.15. The first-order chi connectivity index (χ1) is 13.2. The molecule has 1 aliphatic rings. The Labute approximate surface area is 166 Å². The fourth-order valence-corrected chi connectivity index (χ4v) is 4.50. The maximum Gasteiger partial charge on any atom is 0.230 e. The SMILES string of the molecule is C[C@H](NC(=O)CSCc1ccccc1)[C@@H](c1ccccc1)[NH+]1CCOCC1. The van der Waals surface area contributed by atoms with Crippen molar-refractivity contribution in [2.24, 2.45) is 0 Å². The normalized spacial score (nSPS) is 17.2. The van der Waals surface area contributed by atoms with Gasteiger partial charge in [-0.3, -0.25) is 4.79 Å². The minimum atomic E-state index is 0.0744. The average molecular weight is 386 g/mol. The van der Waals surface area contributed by atoms with Crippen LogP contribution in [-0.4, -0.2) is 44.0 Å². The largest absolute Gasteiger partial charge is 0.370 e. The van der Waals surface area contributed by atoms with E-state index in [9.17, 15) is 4.79 Å². The number of benzene rings is 2. The summed E-state index contributed by atoms with van der Waals surface area (Å²) >= 11 is 1.66. The van der Waals surface area contributed by atoms with Crippen molar-refractivity contribution in [3.05, 3.63) is 71.8 Å². The number of rotatable bonds is 8. The van der Waals surface area contributed by atoms with Gasteiger partial charge in [0.2, 0.25) is 5.91 Å². The summed E-state index contributed by atoms with van der Waals surface area (Å²) in [7, 11) is 0. The fraction of sp³-hybridized carbons (Fsp3) is 0.409. The predicted octanol–water partition coefficient (Wildman–Crippen LogP) is 2.08. The second-order valence-electron chi connectivity index (χ2n) is 6.99. The number of morpholine rings is 1. The Bertz CT molecular complexity index is 690. The molecule has 0 unspecified atom stereocenters. The molecule has 0 radical (unpaired) electrons. The van der Waals surface area contributed by atoms with Gasteiger partial charge in [-0.05, 0) is 12.5 Å². The third-order valence-corrected chi connectivity index (χ3v) is 5.97. The predicted molar refractivity (Wildman–Crippen MR) is 111 cm³/mol. The average Bonchev–Trinajstić information content (AvgIpc) is 2.70. The fourth-order valence-electron chi connectivity index (χ4n) is 3.70. The molecule has 1 heterocycles. The number of amides is 1. The van der Waals surface area contributed by atoms with Crippen LogP contribution in [0.25, 0.3) is 0 Å². The van der Waals surface area contributed by atoms with E-state index in [1.54, 1.807) is 11.8 Å². The van der Waals surface area contributed by atoms with Gasteiger partial charge in [0.1, 0.15) is 19.1 Å². The van der Waals surface area contributed by atoms with Gasteiger partial charge in [0.15, 0.2) is 0 Å². The summed E-state index contributed by atoms with van der Waals surface area (Å²) in [4.78, 5) is 14.0. The van der Waals surface area contributed by atoms with Gasteiger partial charge in [0, 0.05) is 11.3 Å². The number of ether oxygens (including phenoxy) is 1. The van der Waals surface area contributed by atoms with E-state index in [-0.39, 0.29) is 18.0 Å². The zero-order valence-corrected chi connectivity index (χ0v) is 16.7. The highest BCUT2D eigenvalue weighted by molar-refractivity contribution is 7.99. The van der Waals surface area contributed by atoms with Crippen LogP contribution in [0, 0.1) is 0 Å². The molecule has 1 amide bonds. The zero-order valence-electron chi connectivity index (χ0n) is 15.9. The van der Waals surface area contributed by atoms with E-state index in [0.29, 0.717) is 5.75 Å². The van der Waals surface area contributed by atoms with E-state index < -0.39 is 0 Å². The van der Waals surface area contributed by atoms with Gasteiger partial charge in [0.25, 0.3) is 0 Å². The van der Waals surface area contributed by atoms with E-state index in [1.807, 2.05) is 24.3 Å².